The van der Waals surface area contributed by atoms with Gasteiger partial charge < -0.3 is 20.1 Å². The number of aryl methyl sites for hydroxylation is 1. The van der Waals surface area contributed by atoms with Crippen LogP contribution in [0.4, 0.5) is 5.95 Å². The molecule has 3 N–H and O–H groups in total. The van der Waals surface area contributed by atoms with E-state index in [-0.39, 0.29) is 28.8 Å². The number of fused-ring (bicyclic) bond motifs is 1. The largest absolute Gasteiger partial charge is 0.336 e. The number of hydrogen-bond acceptors (Lipinski definition) is 6. The van der Waals surface area contributed by atoms with E-state index in [2.05, 4.69) is 72.5 Å². The van der Waals surface area contributed by atoms with Crippen LogP contribution in [0.5, 0.6) is 0 Å². The van der Waals surface area contributed by atoms with Crippen molar-refractivity contribution in [1.29, 1.82) is 5.26 Å². The van der Waals surface area contributed by atoms with Gasteiger partial charge in [-0.2, -0.15) is 5.26 Å². The Morgan fingerprint density at radius 3 is 2.48 bits per heavy atom. The maximum Gasteiger partial charge on any atom is 0.264 e. The first kappa shape index (κ1) is 32.9. The van der Waals surface area contributed by atoms with E-state index in [0.717, 1.165) is 35.0 Å². The van der Waals surface area contributed by atoms with E-state index < -0.39 is 5.54 Å². The van der Waals surface area contributed by atoms with E-state index in [9.17, 15) is 14.9 Å². The number of piperidine rings is 1. The third kappa shape index (κ3) is 7.74. The van der Waals surface area contributed by atoms with E-state index >= 15 is 0 Å². The molecule has 44 heavy (non-hydrogen) atoms. The summed E-state index contributed by atoms with van der Waals surface area (Å²) in [6.07, 6.45) is 3.26. The van der Waals surface area contributed by atoms with Crippen LogP contribution in [-0.2, 0) is 11.3 Å². The Kier molecular flexibility index (Phi) is 9.97. The Morgan fingerprint density at radius 1 is 1.14 bits per heavy atom. The minimum atomic E-state index is -0.499. The average molecular weight is 598 g/mol. The second-order valence-electron chi connectivity index (χ2n) is 13.6. The molecule has 2 atom stereocenters. The normalized spacial score (nSPS) is 16.9. The van der Waals surface area contributed by atoms with Crippen molar-refractivity contribution in [3.05, 3.63) is 70.8 Å². The zero-order valence-corrected chi connectivity index (χ0v) is 27.4. The third-order valence-electron chi connectivity index (χ3n) is 8.75. The molecule has 4 rings (SSSR count). The molecule has 0 saturated carbocycles. The van der Waals surface area contributed by atoms with Gasteiger partial charge in [0.15, 0.2) is 0 Å². The van der Waals surface area contributed by atoms with Gasteiger partial charge in [0.1, 0.15) is 11.6 Å². The number of benzene rings is 2. The highest BCUT2D eigenvalue weighted by molar-refractivity contribution is 6.04. The highest BCUT2D eigenvalue weighted by Crippen LogP contribution is 2.32. The summed E-state index contributed by atoms with van der Waals surface area (Å²) in [5, 5.41) is 19.6. The number of aromatic nitrogens is 2. The number of carbonyl (C=O) groups excluding carboxylic acids is 2. The van der Waals surface area contributed by atoms with Crippen LogP contribution in [0.1, 0.15) is 81.9 Å². The topological polar surface area (TPSA) is 115 Å². The number of nitrogens with zero attached hydrogens (tertiary/aromatic N) is 4. The van der Waals surface area contributed by atoms with Gasteiger partial charge in [-0.3, -0.25) is 14.9 Å². The van der Waals surface area contributed by atoms with Gasteiger partial charge in [-0.15, -0.1) is 0 Å². The molecule has 1 saturated heterocycles. The van der Waals surface area contributed by atoms with E-state index in [1.165, 1.54) is 0 Å². The number of carbonyl (C=O) groups is 2. The van der Waals surface area contributed by atoms with Crippen LogP contribution in [0.3, 0.4) is 0 Å². The first-order chi connectivity index (χ1) is 20.7. The van der Waals surface area contributed by atoms with Crippen LogP contribution in [0.25, 0.3) is 11.0 Å². The lowest BCUT2D eigenvalue weighted by atomic mass is 9.88. The number of likely N-dealkylation sites (tertiary alicyclic amines) is 1. The highest BCUT2D eigenvalue weighted by Gasteiger charge is 2.31. The lowest BCUT2D eigenvalue weighted by Gasteiger charge is -2.34. The summed E-state index contributed by atoms with van der Waals surface area (Å²) >= 11 is 0. The molecule has 3 aromatic rings. The molecule has 234 valence electrons. The van der Waals surface area contributed by atoms with Crippen molar-refractivity contribution in [3.63, 3.8) is 0 Å². The summed E-state index contributed by atoms with van der Waals surface area (Å²) in [5.41, 5.74) is 4.15. The molecule has 1 unspecified atom stereocenters. The highest BCUT2D eigenvalue weighted by atomic mass is 16.2. The number of rotatable bonds is 9. The molecular formula is C35H47N7O2. The van der Waals surface area contributed by atoms with Gasteiger partial charge >= 0.3 is 0 Å². The summed E-state index contributed by atoms with van der Waals surface area (Å²) in [4.78, 5) is 33.5. The molecule has 2 amide bonds. The van der Waals surface area contributed by atoms with Gasteiger partial charge in [-0.25, -0.2) is 4.98 Å². The predicted octanol–water partition coefficient (Wildman–Crippen LogP) is 5.73. The Morgan fingerprint density at radius 2 is 1.84 bits per heavy atom. The predicted molar refractivity (Wildman–Crippen MR) is 176 cm³/mol. The minimum absolute atomic E-state index is 0.120. The molecule has 0 spiro atoms. The van der Waals surface area contributed by atoms with Gasteiger partial charge in [0.05, 0.1) is 17.1 Å². The molecule has 2 heterocycles. The van der Waals surface area contributed by atoms with Gasteiger partial charge in [0.2, 0.25) is 5.95 Å². The van der Waals surface area contributed by atoms with E-state index in [1.807, 2.05) is 32.9 Å². The third-order valence-corrected chi connectivity index (χ3v) is 8.75. The van der Waals surface area contributed by atoms with Crippen molar-refractivity contribution in [1.82, 2.24) is 25.1 Å². The number of nitriles is 1. The fraction of sp³-hybridized carbons (Fsp3) is 0.486. The lowest BCUT2D eigenvalue weighted by Crippen LogP contribution is -2.42. The minimum Gasteiger partial charge on any atom is -0.336 e. The number of nitrogens with one attached hydrogen (secondary N) is 3. The van der Waals surface area contributed by atoms with Crippen molar-refractivity contribution in [3.8, 4) is 6.07 Å². The Balaban J connectivity index is 1.68. The second-order valence-corrected chi connectivity index (χ2v) is 13.6. The van der Waals surface area contributed by atoms with Crippen molar-refractivity contribution < 1.29 is 9.59 Å². The first-order valence-electron chi connectivity index (χ1n) is 15.5. The van der Waals surface area contributed by atoms with Gasteiger partial charge in [0.25, 0.3) is 11.8 Å². The van der Waals surface area contributed by atoms with Crippen LogP contribution in [-0.4, -0.2) is 58.0 Å². The standard InChI is InChI=1S/C35H47N7O2/c1-23-11-14-26(15-12-23)31(43)40-33-39-29-18-25(21-38-24(2)34(3,4)5)13-16-30(29)42(33)28-10-9-17-41(22-28)32(44)27(20-36)19-35(6,7)37-8/h11-16,18-19,24,28,37-38H,9-10,17,21-22H2,1-8H3,(H,39,40,43)/b27-19+/t24-,28?/m0/s1. The second kappa shape index (κ2) is 13.3. The molecule has 0 radical (unpaired) electrons. The van der Waals surface area contributed by atoms with Crippen LogP contribution >= 0.6 is 0 Å². The van der Waals surface area contributed by atoms with Gasteiger partial charge in [-0.1, -0.05) is 44.5 Å². The summed E-state index contributed by atoms with van der Waals surface area (Å²) < 4.78 is 2.06. The zero-order valence-electron chi connectivity index (χ0n) is 27.4. The Labute approximate surface area is 261 Å². The van der Waals surface area contributed by atoms with Gasteiger partial charge in [0, 0.05) is 36.8 Å². The zero-order chi connectivity index (χ0) is 32.2. The molecule has 2 aromatic carbocycles. The van der Waals surface area contributed by atoms with Crippen molar-refractivity contribution in [2.24, 2.45) is 5.41 Å². The molecule has 9 heteroatoms. The number of hydrogen-bond donors (Lipinski definition) is 3. The number of imidazole rings is 1. The Bertz CT molecular complexity index is 1570. The average Bonchev–Trinajstić information content (AvgIpc) is 3.35. The summed E-state index contributed by atoms with van der Waals surface area (Å²) in [5.74, 6) is -0.0721. The monoisotopic (exact) mass is 597 g/mol. The Hall–Kier alpha value is -4.00. The maximum absolute atomic E-state index is 13.5. The van der Waals surface area contributed by atoms with Crippen molar-refractivity contribution in [2.75, 3.05) is 25.5 Å². The molecule has 9 nitrogen and oxygen atoms in total. The molecule has 1 fully saturated rings. The molecule has 0 bridgehead atoms. The fourth-order valence-corrected chi connectivity index (χ4v) is 5.26. The SMILES string of the molecule is CNC(C)(C)/C=C(\C#N)C(=O)N1CCCC(n2c(NC(=O)c3ccc(C)cc3)nc3cc(CN[C@@H](C)C(C)(C)C)ccc32)C1. The van der Waals surface area contributed by atoms with Crippen LogP contribution in [0, 0.1) is 23.7 Å². The van der Waals surface area contributed by atoms with Crippen LogP contribution in [0.2, 0.25) is 0 Å². The smallest absolute Gasteiger partial charge is 0.264 e. The summed E-state index contributed by atoms with van der Waals surface area (Å²) in [6, 6.07) is 16.0. The summed E-state index contributed by atoms with van der Waals surface area (Å²) in [6.45, 7) is 16.3. The number of amides is 2. The molecular weight excluding hydrogens is 550 g/mol. The summed E-state index contributed by atoms with van der Waals surface area (Å²) in [7, 11) is 1.80. The van der Waals surface area contributed by atoms with Crippen LogP contribution in [0.15, 0.2) is 54.1 Å². The lowest BCUT2D eigenvalue weighted by molar-refractivity contribution is -0.128. The van der Waals surface area contributed by atoms with Gasteiger partial charge in [-0.05, 0) is 88.9 Å². The van der Waals surface area contributed by atoms with E-state index in [4.69, 9.17) is 4.98 Å². The quantitative estimate of drug-likeness (QED) is 0.214. The first-order valence-corrected chi connectivity index (χ1v) is 15.5. The molecule has 1 aliphatic rings. The molecule has 1 aliphatic heterocycles. The molecule has 1 aromatic heterocycles. The number of anilines is 1. The van der Waals surface area contributed by atoms with E-state index in [1.54, 1.807) is 30.2 Å². The van der Waals surface area contributed by atoms with E-state index in [0.29, 0.717) is 37.2 Å². The van der Waals surface area contributed by atoms with Crippen molar-refractivity contribution >= 4 is 28.8 Å². The molecule has 0 aliphatic carbocycles. The van der Waals surface area contributed by atoms with Crippen molar-refractivity contribution in [2.45, 2.75) is 85.5 Å². The number of likely N-dealkylation sites (N-methyl/N-ethyl adjacent to an activating group) is 1. The van der Waals surface area contributed by atoms with Crippen LogP contribution < -0.4 is 16.0 Å². The fourth-order valence-electron chi connectivity index (χ4n) is 5.26. The maximum atomic E-state index is 13.5.